The highest BCUT2D eigenvalue weighted by atomic mass is 16.3. The second-order valence-electron chi connectivity index (χ2n) is 8.69. The zero-order valence-electron chi connectivity index (χ0n) is 18.2. The molecule has 2 saturated heterocycles. The minimum atomic E-state index is -0.328. The Morgan fingerprint density at radius 2 is 1.53 bits per heavy atom. The quantitative estimate of drug-likeness (QED) is 0.558. The maximum atomic E-state index is 13.5. The average Bonchev–Trinajstić information content (AvgIpc) is 3.37. The molecular weight excluding hydrogens is 398 g/mol. The number of nitrogens with zero attached hydrogens (tertiary/aromatic N) is 1. The summed E-state index contributed by atoms with van der Waals surface area (Å²) < 4.78 is 0. The van der Waals surface area contributed by atoms with Gasteiger partial charge in [0.25, 0.3) is 0 Å². The van der Waals surface area contributed by atoms with E-state index in [1.165, 1.54) is 11.1 Å². The standard InChI is InChI=1S/C27H29N3O2/c1-2-18-12-14-20(15-13-18)26-23-24(21-10-6-7-11-22(21)31)28-29-25(23)27(32)30(26)17-16-19-8-4-3-5-9-19/h3-15,23-26,28-29,31H,2,16-17H2,1H3. The van der Waals surface area contributed by atoms with Crippen molar-refractivity contribution in [3.63, 3.8) is 0 Å². The van der Waals surface area contributed by atoms with Crippen molar-refractivity contribution in [2.24, 2.45) is 5.92 Å². The zero-order chi connectivity index (χ0) is 22.1. The Labute approximate surface area is 189 Å². The molecule has 5 heteroatoms. The summed E-state index contributed by atoms with van der Waals surface area (Å²) in [7, 11) is 0. The lowest BCUT2D eigenvalue weighted by Gasteiger charge is -2.31. The number of aryl methyl sites for hydroxylation is 1. The summed E-state index contributed by atoms with van der Waals surface area (Å²) in [5.41, 5.74) is 11.0. The van der Waals surface area contributed by atoms with Crippen LogP contribution in [0.3, 0.4) is 0 Å². The summed E-state index contributed by atoms with van der Waals surface area (Å²) in [6, 6.07) is 25.8. The summed E-state index contributed by atoms with van der Waals surface area (Å²) in [6.07, 6.45) is 1.79. The number of amides is 1. The first kappa shape index (κ1) is 20.7. The molecule has 3 N–H and O–H groups in total. The molecular formula is C27H29N3O2. The Morgan fingerprint density at radius 1 is 0.844 bits per heavy atom. The third kappa shape index (κ3) is 3.68. The van der Waals surface area contributed by atoms with Crippen LogP contribution in [0.5, 0.6) is 5.75 Å². The van der Waals surface area contributed by atoms with E-state index < -0.39 is 0 Å². The Morgan fingerprint density at radius 3 is 2.25 bits per heavy atom. The lowest BCUT2D eigenvalue weighted by atomic mass is 9.83. The van der Waals surface area contributed by atoms with Gasteiger partial charge in [-0.3, -0.25) is 4.79 Å². The molecule has 0 spiro atoms. The number of benzene rings is 3. The molecule has 0 saturated carbocycles. The maximum Gasteiger partial charge on any atom is 0.242 e. The third-order valence-electron chi connectivity index (χ3n) is 6.90. The summed E-state index contributed by atoms with van der Waals surface area (Å²) >= 11 is 0. The van der Waals surface area contributed by atoms with Gasteiger partial charge in [0.1, 0.15) is 11.8 Å². The topological polar surface area (TPSA) is 64.6 Å². The summed E-state index contributed by atoms with van der Waals surface area (Å²) in [5.74, 6) is 0.336. The van der Waals surface area contributed by atoms with E-state index >= 15 is 0 Å². The maximum absolute atomic E-state index is 13.5. The zero-order valence-corrected chi connectivity index (χ0v) is 18.2. The van der Waals surface area contributed by atoms with Crippen LogP contribution < -0.4 is 10.9 Å². The molecule has 4 atom stereocenters. The van der Waals surface area contributed by atoms with Crippen molar-refractivity contribution in [2.45, 2.75) is 37.9 Å². The van der Waals surface area contributed by atoms with Crippen LogP contribution in [-0.4, -0.2) is 28.5 Å². The fraction of sp³-hybridized carbons (Fsp3) is 0.296. The second-order valence-corrected chi connectivity index (χ2v) is 8.69. The largest absolute Gasteiger partial charge is 0.508 e. The highest BCUT2D eigenvalue weighted by Gasteiger charge is 2.55. The van der Waals surface area contributed by atoms with Gasteiger partial charge in [0.2, 0.25) is 5.91 Å². The lowest BCUT2D eigenvalue weighted by molar-refractivity contribution is -0.130. The van der Waals surface area contributed by atoms with Gasteiger partial charge in [0.05, 0.1) is 12.1 Å². The molecule has 0 aliphatic carbocycles. The number of phenols is 1. The van der Waals surface area contributed by atoms with Gasteiger partial charge < -0.3 is 10.0 Å². The van der Waals surface area contributed by atoms with Crippen LogP contribution in [0, 0.1) is 5.92 Å². The van der Waals surface area contributed by atoms with Crippen LogP contribution in [0.2, 0.25) is 0 Å². The van der Waals surface area contributed by atoms with E-state index in [2.05, 4.69) is 54.2 Å². The molecule has 32 heavy (non-hydrogen) atoms. The summed E-state index contributed by atoms with van der Waals surface area (Å²) in [6.45, 7) is 2.81. The Hall–Kier alpha value is -3.15. The monoisotopic (exact) mass is 427 g/mol. The van der Waals surface area contributed by atoms with E-state index in [1.54, 1.807) is 6.07 Å². The number of nitrogens with one attached hydrogen (secondary N) is 2. The predicted molar refractivity (Wildman–Crippen MR) is 125 cm³/mol. The second kappa shape index (κ2) is 8.77. The molecule has 164 valence electrons. The van der Waals surface area contributed by atoms with Gasteiger partial charge in [-0.25, -0.2) is 10.9 Å². The van der Waals surface area contributed by atoms with Crippen LogP contribution in [0.25, 0.3) is 0 Å². The summed E-state index contributed by atoms with van der Waals surface area (Å²) in [5, 5.41) is 10.5. The number of rotatable bonds is 6. The molecule has 4 unspecified atom stereocenters. The van der Waals surface area contributed by atoms with E-state index in [4.69, 9.17) is 0 Å². The molecule has 3 aromatic carbocycles. The van der Waals surface area contributed by atoms with Gasteiger partial charge in [0, 0.05) is 18.0 Å². The minimum Gasteiger partial charge on any atom is -0.508 e. The molecule has 1 amide bonds. The fourth-order valence-electron chi connectivity index (χ4n) is 5.21. The fourth-order valence-corrected chi connectivity index (χ4v) is 5.21. The van der Waals surface area contributed by atoms with E-state index in [0.29, 0.717) is 6.54 Å². The number of hydrogen-bond donors (Lipinski definition) is 3. The first-order valence-electron chi connectivity index (χ1n) is 11.4. The van der Waals surface area contributed by atoms with E-state index in [1.807, 2.05) is 41.3 Å². The molecule has 2 fully saturated rings. The van der Waals surface area contributed by atoms with E-state index in [-0.39, 0.29) is 35.7 Å². The number of hydrazine groups is 1. The highest BCUT2D eigenvalue weighted by molar-refractivity contribution is 5.86. The van der Waals surface area contributed by atoms with Crippen molar-refractivity contribution in [3.8, 4) is 5.75 Å². The number of aromatic hydroxyl groups is 1. The van der Waals surface area contributed by atoms with Crippen LogP contribution in [0.4, 0.5) is 0 Å². The van der Waals surface area contributed by atoms with Gasteiger partial charge in [-0.1, -0.05) is 79.7 Å². The molecule has 2 aliphatic rings. The number of carbonyl (C=O) groups excluding carboxylic acids is 1. The van der Waals surface area contributed by atoms with Crippen molar-refractivity contribution in [3.05, 3.63) is 101 Å². The lowest BCUT2D eigenvalue weighted by Crippen LogP contribution is -2.42. The smallest absolute Gasteiger partial charge is 0.242 e. The molecule has 0 radical (unpaired) electrons. The van der Waals surface area contributed by atoms with E-state index in [9.17, 15) is 9.90 Å². The van der Waals surface area contributed by atoms with Gasteiger partial charge in [-0.15, -0.1) is 0 Å². The molecule has 3 aromatic rings. The first-order valence-corrected chi connectivity index (χ1v) is 11.4. The Kier molecular flexibility index (Phi) is 5.68. The number of para-hydroxylation sites is 1. The molecule has 0 bridgehead atoms. The molecule has 2 heterocycles. The van der Waals surface area contributed by atoms with Crippen molar-refractivity contribution in [2.75, 3.05) is 6.54 Å². The first-order chi connectivity index (χ1) is 15.7. The Bertz CT molecular complexity index is 1080. The molecule has 2 aliphatic heterocycles. The van der Waals surface area contributed by atoms with Gasteiger partial charge in [-0.05, 0) is 35.6 Å². The van der Waals surface area contributed by atoms with Crippen molar-refractivity contribution < 1.29 is 9.90 Å². The van der Waals surface area contributed by atoms with Gasteiger partial charge in [-0.2, -0.15) is 0 Å². The van der Waals surface area contributed by atoms with Crippen molar-refractivity contribution >= 4 is 5.91 Å². The van der Waals surface area contributed by atoms with Crippen LogP contribution in [-0.2, 0) is 17.6 Å². The predicted octanol–water partition coefficient (Wildman–Crippen LogP) is 3.91. The van der Waals surface area contributed by atoms with Crippen molar-refractivity contribution in [1.29, 1.82) is 0 Å². The SMILES string of the molecule is CCc1ccc(C2C3C(NNC3c3ccccc3O)C(=O)N2CCc2ccccc2)cc1. The molecule has 0 aromatic heterocycles. The number of hydrogen-bond acceptors (Lipinski definition) is 4. The number of phenolic OH excluding ortho intramolecular Hbond substituents is 1. The normalized spacial score (nSPS) is 24.7. The van der Waals surface area contributed by atoms with Crippen LogP contribution in [0.15, 0.2) is 78.9 Å². The number of fused-ring (bicyclic) bond motifs is 1. The van der Waals surface area contributed by atoms with Crippen LogP contribution in [0.1, 0.15) is 41.3 Å². The van der Waals surface area contributed by atoms with Gasteiger partial charge >= 0.3 is 0 Å². The number of carbonyl (C=O) groups is 1. The van der Waals surface area contributed by atoms with E-state index in [0.717, 1.165) is 24.0 Å². The Balaban J connectivity index is 1.51. The summed E-state index contributed by atoms with van der Waals surface area (Å²) in [4.78, 5) is 15.6. The molecule has 5 nitrogen and oxygen atoms in total. The molecule has 5 rings (SSSR count). The third-order valence-corrected chi connectivity index (χ3v) is 6.90. The van der Waals surface area contributed by atoms with Crippen molar-refractivity contribution in [1.82, 2.24) is 15.8 Å². The minimum absolute atomic E-state index is 0.0287. The highest BCUT2D eigenvalue weighted by Crippen LogP contribution is 2.48. The number of likely N-dealkylation sites (tertiary alicyclic amines) is 1. The van der Waals surface area contributed by atoms with Crippen LogP contribution >= 0.6 is 0 Å². The average molecular weight is 428 g/mol. The van der Waals surface area contributed by atoms with Gasteiger partial charge in [0.15, 0.2) is 0 Å².